The van der Waals surface area contributed by atoms with Crippen molar-refractivity contribution < 1.29 is 13.9 Å². The molecule has 4 rings (SSSR count). The van der Waals surface area contributed by atoms with E-state index in [-0.39, 0.29) is 24.3 Å². The third-order valence-electron chi connectivity index (χ3n) is 6.00. The van der Waals surface area contributed by atoms with Gasteiger partial charge in [-0.05, 0) is 44.5 Å². The van der Waals surface area contributed by atoms with E-state index in [2.05, 4.69) is 26.6 Å². The summed E-state index contributed by atoms with van der Waals surface area (Å²) < 4.78 is 20.9. The second kappa shape index (κ2) is 9.94. The molecule has 3 heterocycles. The molecule has 6 nitrogen and oxygen atoms in total. The summed E-state index contributed by atoms with van der Waals surface area (Å²) >= 11 is 1.62. The highest BCUT2D eigenvalue weighted by atomic mass is 32.1. The molecule has 2 aromatic heterocycles. The van der Waals surface area contributed by atoms with Crippen LogP contribution in [0.5, 0.6) is 0 Å². The Bertz CT molecular complexity index is 1070. The van der Waals surface area contributed by atoms with Crippen molar-refractivity contribution in [3.8, 4) is 11.3 Å². The monoisotopic (exact) mass is 456 g/mol. The minimum absolute atomic E-state index is 0.0242. The molecule has 1 amide bonds. The molecule has 0 saturated carbocycles. The smallest absolute Gasteiger partial charge is 0.240 e. The van der Waals surface area contributed by atoms with Crippen molar-refractivity contribution in [2.75, 3.05) is 32.8 Å². The molecule has 1 fully saturated rings. The summed E-state index contributed by atoms with van der Waals surface area (Å²) in [6.45, 7) is 9.62. The first-order valence-corrected chi connectivity index (χ1v) is 11.7. The number of aryl methyl sites for hydroxylation is 2. The minimum atomic E-state index is -0.261. The summed E-state index contributed by atoms with van der Waals surface area (Å²) in [7, 11) is 0. The highest BCUT2D eigenvalue weighted by Crippen LogP contribution is 2.28. The summed E-state index contributed by atoms with van der Waals surface area (Å²) in [5.41, 5.74) is 5.07. The molecule has 0 aliphatic carbocycles. The van der Waals surface area contributed by atoms with Crippen LogP contribution in [0.2, 0.25) is 0 Å². The van der Waals surface area contributed by atoms with E-state index in [1.807, 2.05) is 25.3 Å². The van der Waals surface area contributed by atoms with Crippen LogP contribution >= 0.6 is 11.3 Å². The van der Waals surface area contributed by atoms with Gasteiger partial charge in [-0.3, -0.25) is 9.69 Å². The number of ether oxygens (including phenoxy) is 1. The number of carbonyl (C=O) groups is 1. The molecule has 1 saturated heterocycles. The first kappa shape index (κ1) is 22.6. The van der Waals surface area contributed by atoms with Crippen LogP contribution in [-0.4, -0.2) is 53.2 Å². The average molecular weight is 457 g/mol. The largest absolute Gasteiger partial charge is 0.379 e. The van der Waals surface area contributed by atoms with Gasteiger partial charge in [0.25, 0.3) is 0 Å². The summed E-state index contributed by atoms with van der Waals surface area (Å²) in [4.78, 5) is 19.8. The van der Waals surface area contributed by atoms with E-state index in [1.54, 1.807) is 23.5 Å². The van der Waals surface area contributed by atoms with E-state index >= 15 is 0 Å². The van der Waals surface area contributed by atoms with E-state index < -0.39 is 0 Å². The normalized spacial score (nSPS) is 15.6. The van der Waals surface area contributed by atoms with Crippen LogP contribution in [-0.2, 0) is 16.1 Å². The molecule has 8 heteroatoms. The third-order valence-corrected chi connectivity index (χ3v) is 6.78. The van der Waals surface area contributed by atoms with Gasteiger partial charge in [-0.1, -0.05) is 12.1 Å². The number of thiazole rings is 1. The maximum atomic E-state index is 13.4. The molecule has 1 N–H and O–H groups in total. The summed E-state index contributed by atoms with van der Waals surface area (Å²) in [5, 5.41) is 6.18. The highest BCUT2D eigenvalue weighted by molar-refractivity contribution is 7.09. The van der Waals surface area contributed by atoms with Crippen molar-refractivity contribution >= 4 is 17.2 Å². The first-order valence-electron chi connectivity index (χ1n) is 10.9. The molecule has 0 spiro atoms. The van der Waals surface area contributed by atoms with Crippen molar-refractivity contribution in [3.63, 3.8) is 0 Å². The second-order valence-corrected chi connectivity index (χ2v) is 9.20. The number of hydrogen-bond donors (Lipinski definition) is 1. The standard InChI is InChI=1S/C24H29FN4O2S/c1-16-12-21(22-15-32-18(3)27-22)17(2)29(16)14-24(30)26-13-23(28-8-10-31-11-9-28)19-4-6-20(25)7-5-19/h4-7,12,15,23H,8-11,13-14H2,1-3H3,(H,26,30). The number of hydrogen-bond acceptors (Lipinski definition) is 5. The predicted molar refractivity (Wildman–Crippen MR) is 124 cm³/mol. The SMILES string of the molecule is Cc1nc(-c2cc(C)n(CC(=O)NCC(c3ccc(F)cc3)N3CCOCC3)c2C)cs1. The number of morpholine rings is 1. The zero-order chi connectivity index (χ0) is 22.7. The van der Waals surface area contributed by atoms with Gasteiger partial charge in [0.15, 0.2) is 0 Å². The zero-order valence-electron chi connectivity index (χ0n) is 18.7. The number of benzene rings is 1. The second-order valence-electron chi connectivity index (χ2n) is 8.14. The van der Waals surface area contributed by atoms with Crippen molar-refractivity contribution in [1.29, 1.82) is 0 Å². The van der Waals surface area contributed by atoms with Gasteiger partial charge in [-0.2, -0.15) is 0 Å². The fourth-order valence-corrected chi connectivity index (χ4v) is 4.85. The fourth-order valence-electron chi connectivity index (χ4n) is 4.23. The van der Waals surface area contributed by atoms with Crippen molar-refractivity contribution in [1.82, 2.24) is 19.8 Å². The number of carbonyl (C=O) groups excluding carboxylic acids is 1. The van der Waals surface area contributed by atoms with Crippen LogP contribution in [0, 0.1) is 26.6 Å². The van der Waals surface area contributed by atoms with E-state index in [0.29, 0.717) is 19.8 Å². The zero-order valence-corrected chi connectivity index (χ0v) is 19.5. The summed E-state index contributed by atoms with van der Waals surface area (Å²) in [6, 6.07) is 8.60. The quantitative estimate of drug-likeness (QED) is 0.587. The van der Waals surface area contributed by atoms with Crippen molar-refractivity contribution in [2.24, 2.45) is 0 Å². The number of amides is 1. The molecule has 1 aliphatic rings. The lowest BCUT2D eigenvalue weighted by Gasteiger charge is -2.35. The maximum Gasteiger partial charge on any atom is 0.240 e. The van der Waals surface area contributed by atoms with Gasteiger partial charge < -0.3 is 14.6 Å². The van der Waals surface area contributed by atoms with E-state index in [1.165, 1.54) is 12.1 Å². The highest BCUT2D eigenvalue weighted by Gasteiger charge is 2.24. The van der Waals surface area contributed by atoms with Crippen LogP contribution in [0.3, 0.4) is 0 Å². The van der Waals surface area contributed by atoms with Crippen LogP contribution in [0.1, 0.15) is 28.0 Å². The molecule has 1 aliphatic heterocycles. The Labute approximate surface area is 192 Å². The Balaban J connectivity index is 1.45. The van der Waals surface area contributed by atoms with Gasteiger partial charge >= 0.3 is 0 Å². The lowest BCUT2D eigenvalue weighted by atomic mass is 10.0. The van der Waals surface area contributed by atoms with Crippen LogP contribution in [0.15, 0.2) is 35.7 Å². The third kappa shape index (κ3) is 5.09. The Hall–Kier alpha value is -2.55. The molecular weight excluding hydrogens is 427 g/mol. The molecule has 0 radical (unpaired) electrons. The molecule has 1 aromatic carbocycles. The number of rotatable bonds is 7. The average Bonchev–Trinajstić information content (AvgIpc) is 3.34. The molecule has 3 aromatic rings. The summed E-state index contributed by atoms with van der Waals surface area (Å²) in [6.07, 6.45) is 0. The van der Waals surface area contributed by atoms with Gasteiger partial charge in [0.2, 0.25) is 5.91 Å². The van der Waals surface area contributed by atoms with E-state index in [9.17, 15) is 9.18 Å². The Morgan fingerprint density at radius 3 is 2.59 bits per heavy atom. The van der Waals surface area contributed by atoms with Gasteiger partial charge in [0.05, 0.1) is 30.0 Å². The lowest BCUT2D eigenvalue weighted by Crippen LogP contribution is -2.44. The molecule has 0 bridgehead atoms. The van der Waals surface area contributed by atoms with Crippen LogP contribution in [0.25, 0.3) is 11.3 Å². The molecule has 32 heavy (non-hydrogen) atoms. The molecule has 1 unspecified atom stereocenters. The number of halogens is 1. The number of nitrogens with zero attached hydrogens (tertiary/aromatic N) is 3. The Morgan fingerprint density at radius 1 is 1.22 bits per heavy atom. The lowest BCUT2D eigenvalue weighted by molar-refractivity contribution is -0.122. The summed E-state index contributed by atoms with van der Waals surface area (Å²) in [5.74, 6) is -0.309. The minimum Gasteiger partial charge on any atom is -0.379 e. The predicted octanol–water partition coefficient (Wildman–Crippen LogP) is 3.87. The van der Waals surface area contributed by atoms with Gasteiger partial charge in [-0.25, -0.2) is 9.37 Å². The topological polar surface area (TPSA) is 59.4 Å². The van der Waals surface area contributed by atoms with Gasteiger partial charge in [-0.15, -0.1) is 11.3 Å². The van der Waals surface area contributed by atoms with Crippen molar-refractivity contribution in [2.45, 2.75) is 33.4 Å². The van der Waals surface area contributed by atoms with Gasteiger partial charge in [0, 0.05) is 42.0 Å². The Morgan fingerprint density at radius 2 is 1.94 bits per heavy atom. The Kier molecular flexibility index (Phi) is 7.03. The fraction of sp³-hybridized carbons (Fsp3) is 0.417. The van der Waals surface area contributed by atoms with Crippen LogP contribution < -0.4 is 5.32 Å². The molecule has 170 valence electrons. The maximum absolute atomic E-state index is 13.4. The molecular formula is C24H29FN4O2S. The molecule has 1 atom stereocenters. The van der Waals surface area contributed by atoms with Crippen molar-refractivity contribution in [3.05, 3.63) is 63.5 Å². The first-order chi connectivity index (χ1) is 15.4. The number of nitrogens with one attached hydrogen (secondary N) is 1. The van der Waals surface area contributed by atoms with Gasteiger partial charge in [0.1, 0.15) is 12.4 Å². The number of aromatic nitrogens is 2. The van der Waals surface area contributed by atoms with Crippen LogP contribution in [0.4, 0.5) is 4.39 Å². The van der Waals surface area contributed by atoms with E-state index in [0.717, 1.165) is 46.3 Å². The van der Waals surface area contributed by atoms with E-state index in [4.69, 9.17) is 4.74 Å².